The Morgan fingerprint density at radius 2 is 2.19 bits per heavy atom. The van der Waals surface area contributed by atoms with E-state index < -0.39 is 0 Å². The zero-order valence-corrected chi connectivity index (χ0v) is 9.79. The average Bonchev–Trinajstić information content (AvgIpc) is 2.15. The molecule has 86 valence electrons. The van der Waals surface area contributed by atoms with Gasteiger partial charge in [-0.1, -0.05) is 18.2 Å². The summed E-state index contributed by atoms with van der Waals surface area (Å²) in [5.41, 5.74) is 8.77. The molecular formula is C13H18N2O. The third-order valence-corrected chi connectivity index (χ3v) is 2.12. The normalized spacial score (nSPS) is 10.6. The summed E-state index contributed by atoms with van der Waals surface area (Å²) in [5.74, 6) is 0.00759. The first-order valence-electron chi connectivity index (χ1n) is 5.36. The Kier molecular flexibility index (Phi) is 4.58. The van der Waals surface area contributed by atoms with E-state index in [1.54, 1.807) is 0 Å². The van der Waals surface area contributed by atoms with Crippen LogP contribution in [0.15, 0.2) is 24.3 Å². The number of carbonyl (C=O) groups excluding carboxylic acids is 1. The van der Waals surface area contributed by atoms with E-state index >= 15 is 0 Å². The van der Waals surface area contributed by atoms with Gasteiger partial charge in [0.2, 0.25) is 5.91 Å². The van der Waals surface area contributed by atoms with Crippen molar-refractivity contribution in [3.63, 3.8) is 0 Å². The Morgan fingerprint density at radius 1 is 1.44 bits per heavy atom. The van der Waals surface area contributed by atoms with Crippen molar-refractivity contribution in [3.05, 3.63) is 35.4 Å². The summed E-state index contributed by atoms with van der Waals surface area (Å²) >= 11 is 0. The molecule has 0 atom stereocenters. The molecule has 0 heterocycles. The summed E-state index contributed by atoms with van der Waals surface area (Å²) in [6.07, 6.45) is 4.88. The number of nitrogen functional groups attached to an aromatic ring is 1. The first-order chi connectivity index (χ1) is 7.58. The number of anilines is 1. The zero-order valence-electron chi connectivity index (χ0n) is 9.79. The maximum absolute atomic E-state index is 10.6. The van der Waals surface area contributed by atoms with Crippen molar-refractivity contribution in [2.75, 3.05) is 12.3 Å². The highest BCUT2D eigenvalue weighted by Gasteiger charge is 1.92. The molecule has 0 saturated carbocycles. The van der Waals surface area contributed by atoms with E-state index in [0.29, 0.717) is 6.54 Å². The number of nitrogens with two attached hydrogens (primary N) is 1. The molecule has 1 aromatic rings. The van der Waals surface area contributed by atoms with E-state index in [2.05, 4.69) is 11.4 Å². The quantitative estimate of drug-likeness (QED) is 0.600. The van der Waals surface area contributed by atoms with Crippen LogP contribution in [-0.2, 0) is 4.79 Å². The number of rotatable bonds is 4. The smallest absolute Gasteiger partial charge is 0.216 e. The second-order valence-corrected chi connectivity index (χ2v) is 3.85. The third-order valence-electron chi connectivity index (χ3n) is 2.12. The maximum atomic E-state index is 10.6. The second kappa shape index (κ2) is 5.95. The van der Waals surface area contributed by atoms with E-state index in [1.165, 1.54) is 6.92 Å². The molecule has 0 bridgehead atoms. The van der Waals surface area contributed by atoms with Crippen LogP contribution in [0.2, 0.25) is 0 Å². The fraction of sp³-hybridized carbons (Fsp3) is 0.308. The fourth-order valence-electron chi connectivity index (χ4n) is 1.49. The molecule has 0 saturated heterocycles. The molecule has 1 aromatic carbocycles. The molecule has 0 aliphatic heterocycles. The standard InChI is InChI=1S/C13H18N2O/c1-10-7-12(9-13(14)8-10)5-3-4-6-15-11(2)16/h3,5,7-9H,4,6,14H2,1-2H3,(H,15,16). The monoisotopic (exact) mass is 218 g/mol. The van der Waals surface area contributed by atoms with E-state index in [-0.39, 0.29) is 5.91 Å². The minimum atomic E-state index is 0.00759. The molecule has 0 spiro atoms. The molecule has 3 N–H and O–H groups in total. The Morgan fingerprint density at radius 3 is 2.81 bits per heavy atom. The van der Waals surface area contributed by atoms with Crippen LogP contribution in [0.5, 0.6) is 0 Å². The number of carbonyl (C=O) groups is 1. The predicted molar refractivity (Wildman–Crippen MR) is 67.9 cm³/mol. The van der Waals surface area contributed by atoms with Crippen molar-refractivity contribution in [2.24, 2.45) is 0 Å². The van der Waals surface area contributed by atoms with Gasteiger partial charge in [0, 0.05) is 19.2 Å². The Labute approximate surface area is 96.3 Å². The highest BCUT2D eigenvalue weighted by molar-refractivity contribution is 5.72. The molecule has 0 fully saturated rings. The van der Waals surface area contributed by atoms with Crippen molar-refractivity contribution in [2.45, 2.75) is 20.3 Å². The van der Waals surface area contributed by atoms with Crippen LogP contribution in [-0.4, -0.2) is 12.5 Å². The lowest BCUT2D eigenvalue weighted by Gasteiger charge is -2.00. The lowest BCUT2D eigenvalue weighted by atomic mass is 10.1. The van der Waals surface area contributed by atoms with Gasteiger partial charge in [0.25, 0.3) is 0 Å². The van der Waals surface area contributed by atoms with E-state index in [0.717, 1.165) is 23.2 Å². The summed E-state index contributed by atoms with van der Waals surface area (Å²) in [6, 6.07) is 5.95. The van der Waals surface area contributed by atoms with Crippen LogP contribution < -0.4 is 11.1 Å². The highest BCUT2D eigenvalue weighted by Crippen LogP contribution is 2.12. The second-order valence-electron chi connectivity index (χ2n) is 3.85. The summed E-state index contributed by atoms with van der Waals surface area (Å²) in [7, 11) is 0. The number of amides is 1. The Balaban J connectivity index is 2.46. The maximum Gasteiger partial charge on any atom is 0.216 e. The molecular weight excluding hydrogens is 200 g/mol. The van der Waals surface area contributed by atoms with Crippen LogP contribution >= 0.6 is 0 Å². The Hall–Kier alpha value is -1.77. The number of hydrogen-bond donors (Lipinski definition) is 2. The first kappa shape index (κ1) is 12.3. The summed E-state index contributed by atoms with van der Waals surface area (Å²) in [5, 5.41) is 2.74. The van der Waals surface area contributed by atoms with Crippen molar-refractivity contribution in [1.29, 1.82) is 0 Å². The van der Waals surface area contributed by atoms with Crippen molar-refractivity contribution < 1.29 is 4.79 Å². The Bertz CT molecular complexity index is 377. The van der Waals surface area contributed by atoms with E-state index in [9.17, 15) is 4.79 Å². The average molecular weight is 218 g/mol. The molecule has 16 heavy (non-hydrogen) atoms. The predicted octanol–water partition coefficient (Wildman–Crippen LogP) is 2.12. The molecule has 0 aromatic heterocycles. The van der Waals surface area contributed by atoms with E-state index in [4.69, 9.17) is 5.73 Å². The van der Waals surface area contributed by atoms with Crippen molar-refractivity contribution >= 4 is 17.7 Å². The summed E-state index contributed by atoms with van der Waals surface area (Å²) < 4.78 is 0. The first-order valence-corrected chi connectivity index (χ1v) is 5.36. The van der Waals surface area contributed by atoms with Crippen molar-refractivity contribution in [1.82, 2.24) is 5.32 Å². The van der Waals surface area contributed by atoms with E-state index in [1.807, 2.05) is 31.2 Å². The molecule has 0 aliphatic rings. The van der Waals surface area contributed by atoms with Crippen LogP contribution in [0, 0.1) is 6.92 Å². The molecule has 0 aliphatic carbocycles. The SMILES string of the molecule is CC(=O)NCCC=Cc1cc(C)cc(N)c1. The molecule has 3 nitrogen and oxygen atoms in total. The molecule has 0 radical (unpaired) electrons. The number of benzene rings is 1. The number of aryl methyl sites for hydroxylation is 1. The summed E-state index contributed by atoms with van der Waals surface area (Å²) in [4.78, 5) is 10.6. The van der Waals surface area contributed by atoms with Gasteiger partial charge >= 0.3 is 0 Å². The van der Waals surface area contributed by atoms with Crippen LogP contribution in [0.25, 0.3) is 6.08 Å². The van der Waals surface area contributed by atoms with Gasteiger partial charge in [-0.2, -0.15) is 0 Å². The minimum Gasteiger partial charge on any atom is -0.399 e. The van der Waals surface area contributed by atoms with Crippen LogP contribution in [0.4, 0.5) is 5.69 Å². The highest BCUT2D eigenvalue weighted by atomic mass is 16.1. The van der Waals surface area contributed by atoms with Gasteiger partial charge in [-0.05, 0) is 36.6 Å². The minimum absolute atomic E-state index is 0.00759. The van der Waals surface area contributed by atoms with Gasteiger partial charge in [0.05, 0.1) is 0 Å². The van der Waals surface area contributed by atoms with Gasteiger partial charge in [0.1, 0.15) is 0 Å². The van der Waals surface area contributed by atoms with Crippen molar-refractivity contribution in [3.8, 4) is 0 Å². The van der Waals surface area contributed by atoms with Crippen LogP contribution in [0.1, 0.15) is 24.5 Å². The van der Waals surface area contributed by atoms with Gasteiger partial charge in [-0.3, -0.25) is 4.79 Å². The molecule has 0 unspecified atom stereocenters. The number of hydrogen-bond acceptors (Lipinski definition) is 2. The number of nitrogens with one attached hydrogen (secondary N) is 1. The van der Waals surface area contributed by atoms with Gasteiger partial charge in [-0.15, -0.1) is 0 Å². The summed E-state index contributed by atoms with van der Waals surface area (Å²) in [6.45, 7) is 4.21. The van der Waals surface area contributed by atoms with Crippen LogP contribution in [0.3, 0.4) is 0 Å². The zero-order chi connectivity index (χ0) is 12.0. The molecule has 3 heteroatoms. The fourth-order valence-corrected chi connectivity index (χ4v) is 1.49. The topological polar surface area (TPSA) is 55.1 Å². The molecule has 1 amide bonds. The largest absolute Gasteiger partial charge is 0.399 e. The van der Waals surface area contributed by atoms with Gasteiger partial charge < -0.3 is 11.1 Å². The third kappa shape index (κ3) is 4.64. The van der Waals surface area contributed by atoms with Gasteiger partial charge in [-0.25, -0.2) is 0 Å². The van der Waals surface area contributed by atoms with Gasteiger partial charge in [0.15, 0.2) is 0 Å². The molecule has 1 rings (SSSR count). The lowest BCUT2D eigenvalue weighted by Crippen LogP contribution is -2.20. The lowest BCUT2D eigenvalue weighted by molar-refractivity contribution is -0.118.